The van der Waals surface area contributed by atoms with Gasteiger partial charge in [0.05, 0.1) is 6.17 Å². The molecule has 1 rings (SSSR count). The third kappa shape index (κ3) is 1.62. The molecule has 3 heteroatoms. The quantitative estimate of drug-likeness (QED) is 0.467. The van der Waals surface area contributed by atoms with Gasteiger partial charge in [0.1, 0.15) is 0 Å². The largest absolute Gasteiger partial charge is 0.316 e. The number of hydrogen-bond donors (Lipinski definition) is 2. The van der Waals surface area contributed by atoms with E-state index in [4.69, 9.17) is 17.3 Å². The molecule has 2 nitrogen and oxygen atoms in total. The summed E-state index contributed by atoms with van der Waals surface area (Å²) in [5, 5.41) is 3.38. The SMILES string of the molecule is N[C@H]1CC[C@H](Cl)CN1. The van der Waals surface area contributed by atoms with Crippen LogP contribution in [-0.2, 0) is 0 Å². The minimum absolute atomic E-state index is 0.185. The fourth-order valence-electron chi connectivity index (χ4n) is 0.844. The van der Waals surface area contributed by atoms with E-state index in [2.05, 4.69) is 5.32 Å². The first-order valence-corrected chi connectivity index (χ1v) is 3.35. The van der Waals surface area contributed by atoms with Crippen molar-refractivity contribution in [2.75, 3.05) is 6.54 Å². The molecule has 1 fully saturated rings. The van der Waals surface area contributed by atoms with E-state index in [-0.39, 0.29) is 6.17 Å². The van der Waals surface area contributed by atoms with Gasteiger partial charge in [-0.25, -0.2) is 0 Å². The van der Waals surface area contributed by atoms with Crippen LogP contribution in [0.4, 0.5) is 0 Å². The van der Waals surface area contributed by atoms with E-state index in [1.807, 2.05) is 0 Å². The Kier molecular flexibility index (Phi) is 2.11. The van der Waals surface area contributed by atoms with Crippen molar-refractivity contribution in [3.05, 3.63) is 0 Å². The Labute approximate surface area is 54.4 Å². The van der Waals surface area contributed by atoms with Gasteiger partial charge >= 0.3 is 0 Å². The summed E-state index contributed by atoms with van der Waals surface area (Å²) >= 11 is 5.76. The standard InChI is InChI=1S/C5H11ClN2/c6-4-1-2-5(7)8-3-4/h4-5,8H,1-3,7H2/t4-,5+/m0/s1. The molecule has 1 aliphatic rings. The van der Waals surface area contributed by atoms with Crippen molar-refractivity contribution in [1.29, 1.82) is 0 Å². The van der Waals surface area contributed by atoms with E-state index in [1.165, 1.54) is 0 Å². The predicted molar refractivity (Wildman–Crippen MR) is 34.9 cm³/mol. The second-order valence-electron chi connectivity index (χ2n) is 2.19. The van der Waals surface area contributed by atoms with Crippen LogP contribution in [0, 0.1) is 0 Å². The van der Waals surface area contributed by atoms with Gasteiger partial charge in [-0.05, 0) is 12.8 Å². The van der Waals surface area contributed by atoms with E-state index >= 15 is 0 Å². The number of nitrogens with one attached hydrogen (secondary N) is 1. The number of nitrogens with two attached hydrogens (primary N) is 1. The summed E-state index contributed by atoms with van der Waals surface area (Å²) in [5.41, 5.74) is 5.53. The van der Waals surface area contributed by atoms with Gasteiger partial charge < -0.3 is 11.1 Å². The maximum atomic E-state index is 5.76. The minimum atomic E-state index is 0.185. The Morgan fingerprint density at radius 3 is 2.62 bits per heavy atom. The molecule has 0 aromatic rings. The van der Waals surface area contributed by atoms with Crippen LogP contribution in [0.2, 0.25) is 0 Å². The second-order valence-corrected chi connectivity index (χ2v) is 2.81. The van der Waals surface area contributed by atoms with E-state index < -0.39 is 0 Å². The molecule has 3 N–H and O–H groups in total. The van der Waals surface area contributed by atoms with Gasteiger partial charge in [-0.2, -0.15) is 0 Å². The third-order valence-electron chi connectivity index (χ3n) is 1.39. The predicted octanol–water partition coefficient (Wildman–Crippen LogP) is 0.262. The molecule has 0 unspecified atom stereocenters. The molecule has 1 heterocycles. The van der Waals surface area contributed by atoms with Crippen molar-refractivity contribution >= 4 is 11.6 Å². The van der Waals surface area contributed by atoms with Crippen molar-refractivity contribution in [2.24, 2.45) is 5.73 Å². The average Bonchev–Trinajstić information content (AvgIpc) is 1.77. The number of hydrogen-bond acceptors (Lipinski definition) is 2. The molecular formula is C5H11ClN2. The molecule has 0 radical (unpaired) electrons. The van der Waals surface area contributed by atoms with Gasteiger partial charge in [-0.1, -0.05) is 0 Å². The van der Waals surface area contributed by atoms with Gasteiger partial charge in [-0.15, -0.1) is 11.6 Å². The molecule has 0 spiro atoms. The zero-order valence-corrected chi connectivity index (χ0v) is 5.49. The van der Waals surface area contributed by atoms with Crippen LogP contribution in [0.5, 0.6) is 0 Å². The number of piperidine rings is 1. The van der Waals surface area contributed by atoms with Crippen molar-refractivity contribution in [1.82, 2.24) is 5.32 Å². The van der Waals surface area contributed by atoms with Crippen LogP contribution in [-0.4, -0.2) is 18.1 Å². The van der Waals surface area contributed by atoms with Crippen LogP contribution in [0.3, 0.4) is 0 Å². The molecule has 0 saturated carbocycles. The first-order chi connectivity index (χ1) is 3.79. The van der Waals surface area contributed by atoms with Crippen LogP contribution < -0.4 is 11.1 Å². The third-order valence-corrected chi connectivity index (χ3v) is 1.76. The molecule has 2 atom stereocenters. The minimum Gasteiger partial charge on any atom is -0.316 e. The van der Waals surface area contributed by atoms with Crippen LogP contribution in [0.25, 0.3) is 0 Å². The maximum Gasteiger partial charge on any atom is 0.0547 e. The maximum absolute atomic E-state index is 5.76. The van der Waals surface area contributed by atoms with E-state index in [1.54, 1.807) is 0 Å². The fourth-order valence-corrected chi connectivity index (χ4v) is 1.06. The van der Waals surface area contributed by atoms with Gasteiger partial charge in [0, 0.05) is 11.9 Å². The lowest BCUT2D eigenvalue weighted by Crippen LogP contribution is -2.45. The van der Waals surface area contributed by atoms with Crippen LogP contribution in [0.1, 0.15) is 12.8 Å². The molecule has 0 bridgehead atoms. The Morgan fingerprint density at radius 2 is 2.25 bits per heavy atom. The molecule has 0 aromatic heterocycles. The fraction of sp³-hybridized carbons (Fsp3) is 1.00. The lowest BCUT2D eigenvalue weighted by atomic mass is 10.1. The monoisotopic (exact) mass is 134 g/mol. The molecule has 8 heavy (non-hydrogen) atoms. The number of rotatable bonds is 0. The summed E-state index contributed by atoms with van der Waals surface area (Å²) in [6.45, 7) is 0.864. The van der Waals surface area contributed by atoms with Gasteiger partial charge in [0.15, 0.2) is 0 Å². The van der Waals surface area contributed by atoms with Crippen LogP contribution in [0.15, 0.2) is 0 Å². The summed E-state index contributed by atoms with van der Waals surface area (Å²) in [7, 11) is 0. The normalized spacial score (nSPS) is 39.8. The van der Waals surface area contributed by atoms with E-state index in [0.29, 0.717) is 5.38 Å². The highest BCUT2D eigenvalue weighted by molar-refractivity contribution is 6.20. The van der Waals surface area contributed by atoms with Crippen molar-refractivity contribution in [3.63, 3.8) is 0 Å². The molecule has 0 aromatic carbocycles. The molecular weight excluding hydrogens is 124 g/mol. The van der Waals surface area contributed by atoms with Crippen LogP contribution >= 0.6 is 11.6 Å². The summed E-state index contributed by atoms with van der Waals surface area (Å²) in [4.78, 5) is 0. The van der Waals surface area contributed by atoms with Crippen molar-refractivity contribution in [2.45, 2.75) is 24.4 Å². The lowest BCUT2D eigenvalue weighted by Gasteiger charge is -2.22. The number of halogens is 1. The van der Waals surface area contributed by atoms with E-state index in [0.717, 1.165) is 19.4 Å². The smallest absolute Gasteiger partial charge is 0.0547 e. The Balaban J connectivity index is 2.19. The Morgan fingerprint density at radius 1 is 1.50 bits per heavy atom. The zero-order chi connectivity index (χ0) is 5.98. The molecule has 1 aliphatic heterocycles. The van der Waals surface area contributed by atoms with Crippen molar-refractivity contribution in [3.8, 4) is 0 Å². The molecule has 0 aliphatic carbocycles. The Bertz CT molecular complexity index is 58.8. The van der Waals surface area contributed by atoms with Gasteiger partial charge in [-0.3, -0.25) is 0 Å². The van der Waals surface area contributed by atoms with Gasteiger partial charge in [0.25, 0.3) is 0 Å². The second kappa shape index (κ2) is 2.67. The zero-order valence-electron chi connectivity index (χ0n) is 4.73. The highest BCUT2D eigenvalue weighted by atomic mass is 35.5. The summed E-state index contributed by atoms with van der Waals surface area (Å²) < 4.78 is 0. The van der Waals surface area contributed by atoms with E-state index in [9.17, 15) is 0 Å². The number of alkyl halides is 1. The molecule has 1 saturated heterocycles. The first kappa shape index (κ1) is 6.33. The van der Waals surface area contributed by atoms with Crippen molar-refractivity contribution < 1.29 is 0 Å². The average molecular weight is 135 g/mol. The lowest BCUT2D eigenvalue weighted by molar-refractivity contribution is 0.415. The molecule has 0 amide bonds. The summed E-state index contributed by atoms with van der Waals surface area (Å²) in [6, 6.07) is 0. The first-order valence-electron chi connectivity index (χ1n) is 2.92. The summed E-state index contributed by atoms with van der Waals surface area (Å²) in [6.07, 6.45) is 2.24. The molecule has 48 valence electrons. The van der Waals surface area contributed by atoms with Gasteiger partial charge in [0.2, 0.25) is 0 Å². The topological polar surface area (TPSA) is 38.0 Å². The highest BCUT2D eigenvalue weighted by Crippen LogP contribution is 2.09. The summed E-state index contributed by atoms with van der Waals surface area (Å²) in [5.74, 6) is 0. The Hall–Kier alpha value is 0.210. The highest BCUT2D eigenvalue weighted by Gasteiger charge is 2.14.